The second-order valence-electron chi connectivity index (χ2n) is 8.08. The Morgan fingerprint density at radius 1 is 0.724 bits per heavy atom. The lowest BCUT2D eigenvalue weighted by atomic mass is 9.81. The predicted molar refractivity (Wildman–Crippen MR) is 119 cm³/mol. The van der Waals surface area contributed by atoms with Gasteiger partial charge in [0.15, 0.2) is 11.6 Å². The third kappa shape index (κ3) is 4.49. The molecule has 2 aromatic rings. The van der Waals surface area contributed by atoms with Crippen LogP contribution in [0.5, 0.6) is 0 Å². The number of rotatable bonds is 8. The number of ketones is 2. The third-order valence-corrected chi connectivity index (χ3v) is 5.07. The van der Waals surface area contributed by atoms with Crippen LogP contribution in [0, 0.1) is 6.92 Å². The minimum absolute atomic E-state index is 0.0955. The molecule has 2 N–H and O–H groups in total. The first-order valence-electron chi connectivity index (χ1n) is 9.94. The molecule has 2 aromatic carbocycles. The van der Waals surface area contributed by atoms with E-state index in [0.717, 1.165) is 18.7 Å². The van der Waals surface area contributed by atoms with Crippen LogP contribution in [0.3, 0.4) is 0 Å². The van der Waals surface area contributed by atoms with Gasteiger partial charge in [-0.2, -0.15) is 0 Å². The van der Waals surface area contributed by atoms with Crippen LogP contribution in [0.25, 0.3) is 0 Å². The SMILES string of the molecule is Cc1ccc2c(c1)C(=O)c1c(NCCN(C)C)ccc(NCCN(C)C)c1C2=O. The highest BCUT2D eigenvalue weighted by Gasteiger charge is 2.34. The van der Waals surface area contributed by atoms with Crippen LogP contribution in [-0.2, 0) is 0 Å². The molecule has 154 valence electrons. The van der Waals surface area contributed by atoms with Crippen molar-refractivity contribution in [2.24, 2.45) is 0 Å². The van der Waals surface area contributed by atoms with E-state index in [1.54, 1.807) is 6.07 Å². The van der Waals surface area contributed by atoms with Gasteiger partial charge in [-0.3, -0.25) is 9.59 Å². The first-order chi connectivity index (χ1) is 13.8. The number of carbonyl (C=O) groups is 2. The van der Waals surface area contributed by atoms with Gasteiger partial charge in [0.1, 0.15) is 0 Å². The molecule has 1 aliphatic carbocycles. The van der Waals surface area contributed by atoms with Gasteiger partial charge < -0.3 is 20.4 Å². The Kier molecular flexibility index (Phi) is 6.35. The number of carbonyl (C=O) groups excluding carboxylic acids is 2. The van der Waals surface area contributed by atoms with Crippen LogP contribution < -0.4 is 10.6 Å². The lowest BCUT2D eigenvalue weighted by Crippen LogP contribution is -2.27. The molecular formula is C23H30N4O2. The Hall–Kier alpha value is -2.70. The first-order valence-corrected chi connectivity index (χ1v) is 9.94. The van der Waals surface area contributed by atoms with Crippen molar-refractivity contribution in [2.75, 3.05) is 65.0 Å². The van der Waals surface area contributed by atoms with Gasteiger partial charge in [-0.05, 0) is 53.3 Å². The molecule has 0 bridgehead atoms. The molecule has 0 saturated heterocycles. The number of fused-ring (bicyclic) bond motifs is 2. The van der Waals surface area contributed by atoms with E-state index >= 15 is 0 Å². The largest absolute Gasteiger partial charge is 0.383 e. The van der Waals surface area contributed by atoms with Gasteiger partial charge in [0.2, 0.25) is 0 Å². The zero-order valence-corrected chi connectivity index (χ0v) is 17.9. The van der Waals surface area contributed by atoms with E-state index in [2.05, 4.69) is 20.4 Å². The van der Waals surface area contributed by atoms with Crippen LogP contribution in [0.1, 0.15) is 37.4 Å². The van der Waals surface area contributed by atoms with E-state index in [9.17, 15) is 9.59 Å². The van der Waals surface area contributed by atoms with Crippen molar-refractivity contribution in [3.05, 3.63) is 58.1 Å². The molecule has 0 spiro atoms. The van der Waals surface area contributed by atoms with Crippen LogP contribution >= 0.6 is 0 Å². The predicted octanol–water partition coefficient (Wildman–Crippen LogP) is 2.72. The summed E-state index contributed by atoms with van der Waals surface area (Å²) in [5.74, 6) is -0.194. The Labute approximate surface area is 172 Å². The van der Waals surface area contributed by atoms with Gasteiger partial charge in [-0.1, -0.05) is 17.7 Å². The van der Waals surface area contributed by atoms with Gasteiger partial charge in [-0.15, -0.1) is 0 Å². The first kappa shape index (κ1) is 21.0. The number of anilines is 2. The quantitative estimate of drug-likeness (QED) is 0.613. The van der Waals surface area contributed by atoms with E-state index in [1.807, 2.05) is 59.4 Å². The summed E-state index contributed by atoms with van der Waals surface area (Å²) < 4.78 is 0. The minimum atomic E-state index is -0.0989. The number of aryl methyl sites for hydroxylation is 1. The van der Waals surface area contributed by atoms with E-state index < -0.39 is 0 Å². The maximum Gasteiger partial charge on any atom is 0.196 e. The van der Waals surface area contributed by atoms with Gasteiger partial charge in [0.25, 0.3) is 0 Å². The van der Waals surface area contributed by atoms with Crippen LogP contribution in [0.15, 0.2) is 30.3 Å². The molecule has 3 rings (SSSR count). The van der Waals surface area contributed by atoms with Crippen molar-refractivity contribution in [3.8, 4) is 0 Å². The Balaban J connectivity index is 2.04. The number of nitrogens with zero attached hydrogens (tertiary/aromatic N) is 2. The van der Waals surface area contributed by atoms with Crippen LogP contribution in [-0.4, -0.2) is 75.7 Å². The molecule has 0 atom stereocenters. The molecule has 0 amide bonds. The highest BCUT2D eigenvalue weighted by molar-refractivity contribution is 6.32. The van der Waals surface area contributed by atoms with Crippen molar-refractivity contribution < 1.29 is 9.59 Å². The monoisotopic (exact) mass is 394 g/mol. The summed E-state index contributed by atoms with van der Waals surface area (Å²) in [5.41, 5.74) is 4.31. The van der Waals surface area contributed by atoms with Gasteiger partial charge in [0, 0.05) is 48.7 Å². The smallest absolute Gasteiger partial charge is 0.196 e. The van der Waals surface area contributed by atoms with E-state index in [4.69, 9.17) is 0 Å². The third-order valence-electron chi connectivity index (χ3n) is 5.07. The van der Waals surface area contributed by atoms with Crippen molar-refractivity contribution in [2.45, 2.75) is 6.92 Å². The van der Waals surface area contributed by atoms with Crippen LogP contribution in [0.2, 0.25) is 0 Å². The van der Waals surface area contributed by atoms with Crippen LogP contribution in [0.4, 0.5) is 11.4 Å². The molecule has 0 aromatic heterocycles. The fraction of sp³-hybridized carbons (Fsp3) is 0.391. The number of hydrogen-bond donors (Lipinski definition) is 2. The zero-order valence-electron chi connectivity index (χ0n) is 17.9. The molecule has 29 heavy (non-hydrogen) atoms. The van der Waals surface area contributed by atoms with Crippen molar-refractivity contribution in [1.82, 2.24) is 9.80 Å². The lowest BCUT2D eigenvalue weighted by Gasteiger charge is -2.25. The lowest BCUT2D eigenvalue weighted by molar-refractivity contribution is 0.0980. The van der Waals surface area contributed by atoms with Crippen molar-refractivity contribution >= 4 is 22.9 Å². The Morgan fingerprint density at radius 2 is 1.21 bits per heavy atom. The molecule has 6 nitrogen and oxygen atoms in total. The van der Waals surface area contributed by atoms with Gasteiger partial charge in [0.05, 0.1) is 11.1 Å². The second kappa shape index (κ2) is 8.76. The normalized spacial score (nSPS) is 12.9. The number of benzene rings is 2. The molecule has 0 saturated carbocycles. The molecule has 0 radical (unpaired) electrons. The highest BCUT2D eigenvalue weighted by Crippen LogP contribution is 2.36. The van der Waals surface area contributed by atoms with Crippen molar-refractivity contribution in [1.29, 1.82) is 0 Å². The summed E-state index contributed by atoms with van der Waals surface area (Å²) in [7, 11) is 8.01. The molecule has 1 aliphatic rings. The molecule has 0 fully saturated rings. The molecule has 0 unspecified atom stereocenters. The van der Waals surface area contributed by atoms with E-state index in [0.29, 0.717) is 46.7 Å². The van der Waals surface area contributed by atoms with E-state index in [1.165, 1.54) is 0 Å². The topological polar surface area (TPSA) is 64.7 Å². The summed E-state index contributed by atoms with van der Waals surface area (Å²) in [6, 6.07) is 9.26. The van der Waals surface area contributed by atoms with Gasteiger partial charge >= 0.3 is 0 Å². The maximum absolute atomic E-state index is 13.4. The van der Waals surface area contributed by atoms with Gasteiger partial charge in [-0.25, -0.2) is 0 Å². The molecular weight excluding hydrogens is 364 g/mol. The Bertz CT molecular complexity index is 935. The summed E-state index contributed by atoms with van der Waals surface area (Å²) in [6.45, 7) is 4.97. The van der Waals surface area contributed by atoms with E-state index in [-0.39, 0.29) is 11.6 Å². The summed E-state index contributed by atoms with van der Waals surface area (Å²) in [6.07, 6.45) is 0. The van der Waals surface area contributed by atoms with Crippen molar-refractivity contribution in [3.63, 3.8) is 0 Å². The number of nitrogens with one attached hydrogen (secondary N) is 2. The zero-order chi connectivity index (χ0) is 21.1. The fourth-order valence-corrected chi connectivity index (χ4v) is 3.51. The Morgan fingerprint density at radius 3 is 1.69 bits per heavy atom. The average molecular weight is 395 g/mol. The number of hydrogen-bond acceptors (Lipinski definition) is 6. The molecule has 0 heterocycles. The average Bonchev–Trinajstić information content (AvgIpc) is 2.66. The maximum atomic E-state index is 13.4. The number of likely N-dealkylation sites (N-methyl/N-ethyl adjacent to an activating group) is 2. The second-order valence-corrected chi connectivity index (χ2v) is 8.08. The summed E-state index contributed by atoms with van der Waals surface area (Å²) in [5, 5.41) is 6.70. The molecule has 6 heteroatoms. The fourth-order valence-electron chi connectivity index (χ4n) is 3.51. The standard InChI is InChI=1S/C23H30N4O2/c1-15-6-7-16-17(14-15)23(29)21-19(25-11-13-27(4)5)9-8-18(20(21)22(16)28)24-10-12-26(2)3/h6-9,14,24-25H,10-13H2,1-5H3. The molecule has 0 aliphatic heterocycles. The highest BCUT2D eigenvalue weighted by atomic mass is 16.1. The summed E-state index contributed by atoms with van der Waals surface area (Å²) >= 11 is 0. The summed E-state index contributed by atoms with van der Waals surface area (Å²) in [4.78, 5) is 30.9. The minimum Gasteiger partial charge on any atom is -0.383 e.